The van der Waals surface area contributed by atoms with Crippen LogP contribution in [0.4, 0.5) is 11.5 Å². The van der Waals surface area contributed by atoms with E-state index in [1.54, 1.807) is 42.5 Å². The van der Waals surface area contributed by atoms with Crippen LogP contribution < -0.4 is 36.1 Å². The third-order valence-electron chi connectivity index (χ3n) is 5.62. The molecular formula is C25H30N4O6. The number of hydrogen-bond acceptors (Lipinski definition) is 7. The molecule has 1 amide bonds. The Morgan fingerprint density at radius 1 is 1.03 bits per heavy atom. The fraction of sp³-hybridized carbons (Fsp3) is 0.320. The maximum atomic E-state index is 13.9. The normalized spacial score (nSPS) is 10.6. The fourth-order valence-corrected chi connectivity index (χ4v) is 3.75. The van der Waals surface area contributed by atoms with Crippen LogP contribution in [0.15, 0.2) is 52.1 Å². The molecule has 186 valence electrons. The third-order valence-corrected chi connectivity index (χ3v) is 5.62. The van der Waals surface area contributed by atoms with Crippen LogP contribution in [-0.2, 0) is 13.1 Å². The highest BCUT2D eigenvalue weighted by Crippen LogP contribution is 2.30. The van der Waals surface area contributed by atoms with E-state index in [1.165, 1.54) is 30.8 Å². The van der Waals surface area contributed by atoms with Crippen molar-refractivity contribution in [3.8, 4) is 17.2 Å². The van der Waals surface area contributed by atoms with E-state index in [0.717, 1.165) is 6.42 Å². The van der Waals surface area contributed by atoms with Crippen LogP contribution in [0, 0.1) is 0 Å². The van der Waals surface area contributed by atoms with E-state index in [0.29, 0.717) is 30.0 Å². The predicted octanol–water partition coefficient (Wildman–Crippen LogP) is 2.79. The molecule has 0 spiro atoms. The van der Waals surface area contributed by atoms with Gasteiger partial charge in [0.15, 0.2) is 5.69 Å². The number of anilines is 2. The molecule has 0 fully saturated rings. The predicted molar refractivity (Wildman–Crippen MR) is 134 cm³/mol. The molecule has 0 atom stereocenters. The van der Waals surface area contributed by atoms with Crippen LogP contribution in [-0.4, -0.2) is 36.8 Å². The van der Waals surface area contributed by atoms with Crippen molar-refractivity contribution in [3.63, 3.8) is 0 Å². The number of para-hydroxylation sites is 1. The number of aromatic amines is 1. The van der Waals surface area contributed by atoms with Crippen molar-refractivity contribution in [3.05, 3.63) is 74.4 Å². The lowest BCUT2D eigenvalue weighted by Gasteiger charge is -2.26. The van der Waals surface area contributed by atoms with E-state index in [9.17, 15) is 14.4 Å². The lowest BCUT2D eigenvalue weighted by Crippen LogP contribution is -2.41. The van der Waals surface area contributed by atoms with Gasteiger partial charge in [0, 0.05) is 18.2 Å². The zero-order valence-electron chi connectivity index (χ0n) is 20.3. The Hall–Kier alpha value is -4.21. The average Bonchev–Trinajstić information content (AvgIpc) is 2.87. The first-order valence-electron chi connectivity index (χ1n) is 11.1. The van der Waals surface area contributed by atoms with Crippen LogP contribution in [0.2, 0.25) is 0 Å². The number of carbonyl (C=O) groups is 1. The van der Waals surface area contributed by atoms with Gasteiger partial charge in [-0.2, -0.15) is 0 Å². The summed E-state index contributed by atoms with van der Waals surface area (Å²) in [5.41, 5.74) is 5.65. The van der Waals surface area contributed by atoms with Crippen molar-refractivity contribution in [2.45, 2.75) is 32.9 Å². The number of hydrogen-bond donors (Lipinski definition) is 2. The number of nitrogen functional groups attached to an aromatic ring is 1. The second-order valence-electron chi connectivity index (χ2n) is 7.77. The largest absolute Gasteiger partial charge is 0.497 e. The van der Waals surface area contributed by atoms with Gasteiger partial charge in [-0.3, -0.25) is 24.0 Å². The second-order valence-corrected chi connectivity index (χ2v) is 7.77. The fourth-order valence-electron chi connectivity index (χ4n) is 3.75. The number of carbonyl (C=O) groups excluding carboxylic acids is 1. The van der Waals surface area contributed by atoms with Gasteiger partial charge >= 0.3 is 5.69 Å². The highest BCUT2D eigenvalue weighted by molar-refractivity contribution is 6.09. The molecule has 0 unspecified atom stereocenters. The van der Waals surface area contributed by atoms with Crippen molar-refractivity contribution >= 4 is 17.4 Å². The van der Waals surface area contributed by atoms with Gasteiger partial charge in [-0.05, 0) is 24.6 Å². The molecule has 10 heteroatoms. The smallest absolute Gasteiger partial charge is 0.330 e. The molecule has 10 nitrogen and oxygen atoms in total. The first-order valence-corrected chi connectivity index (χ1v) is 11.1. The van der Waals surface area contributed by atoms with Gasteiger partial charge in [-0.15, -0.1) is 0 Å². The lowest BCUT2D eigenvalue weighted by atomic mass is 10.1. The molecule has 0 aliphatic heterocycles. The van der Waals surface area contributed by atoms with Gasteiger partial charge in [0.25, 0.3) is 11.5 Å². The molecule has 3 N–H and O–H groups in total. The molecule has 1 heterocycles. The number of H-pyrrole nitrogens is 1. The van der Waals surface area contributed by atoms with E-state index in [-0.39, 0.29) is 29.4 Å². The number of nitrogens with two attached hydrogens (primary N) is 1. The van der Waals surface area contributed by atoms with Gasteiger partial charge in [-0.25, -0.2) is 4.79 Å². The highest BCUT2D eigenvalue weighted by Gasteiger charge is 2.28. The molecule has 3 aromatic rings. The maximum absolute atomic E-state index is 13.9. The Balaban J connectivity index is 2.23. The second kappa shape index (κ2) is 11.3. The molecule has 0 radical (unpaired) electrons. The molecule has 2 aromatic carbocycles. The summed E-state index contributed by atoms with van der Waals surface area (Å²) < 4.78 is 17.4. The van der Waals surface area contributed by atoms with Crippen LogP contribution >= 0.6 is 0 Å². The number of benzene rings is 2. The summed E-state index contributed by atoms with van der Waals surface area (Å²) in [6.07, 6.45) is 1.48. The molecule has 0 aliphatic carbocycles. The summed E-state index contributed by atoms with van der Waals surface area (Å²) in [7, 11) is 4.45. The standard InChI is InChI=1S/C25H30N4O6/c1-5-6-13-28-22(26)21(23(30)27-25(28)32)29(15-16-9-7-8-10-19(16)34-3)24(31)18-12-11-17(33-2)14-20(18)35-4/h7-12,14H,5-6,13,15,26H2,1-4H3,(H,27,30,32). The average molecular weight is 483 g/mol. The number of methoxy groups -OCH3 is 3. The number of rotatable bonds is 10. The zero-order chi connectivity index (χ0) is 25.5. The first-order chi connectivity index (χ1) is 16.9. The Bertz CT molecular complexity index is 1310. The number of nitrogens with zero attached hydrogens (tertiary/aromatic N) is 2. The minimum Gasteiger partial charge on any atom is -0.497 e. The number of amides is 1. The van der Waals surface area contributed by atoms with Crippen LogP contribution in [0.25, 0.3) is 0 Å². The third kappa shape index (κ3) is 5.32. The summed E-state index contributed by atoms with van der Waals surface area (Å²) in [5, 5.41) is 0. The summed E-state index contributed by atoms with van der Waals surface area (Å²) in [6.45, 7) is 2.23. The molecule has 0 saturated heterocycles. The molecule has 3 rings (SSSR count). The van der Waals surface area contributed by atoms with Crippen molar-refractivity contribution in [2.75, 3.05) is 32.0 Å². The van der Waals surface area contributed by atoms with Gasteiger partial charge in [-0.1, -0.05) is 31.5 Å². The quantitative estimate of drug-likeness (QED) is 0.455. The van der Waals surface area contributed by atoms with Crippen LogP contribution in [0.3, 0.4) is 0 Å². The Morgan fingerprint density at radius 3 is 2.40 bits per heavy atom. The molecule has 0 saturated carbocycles. The molecule has 35 heavy (non-hydrogen) atoms. The van der Waals surface area contributed by atoms with E-state index in [1.807, 2.05) is 6.92 Å². The van der Waals surface area contributed by atoms with Crippen molar-refractivity contribution < 1.29 is 19.0 Å². The number of ether oxygens (including phenoxy) is 3. The summed E-state index contributed by atoms with van der Waals surface area (Å²) in [5.74, 6) is 0.645. The van der Waals surface area contributed by atoms with E-state index < -0.39 is 17.2 Å². The van der Waals surface area contributed by atoms with Gasteiger partial charge in [0.2, 0.25) is 0 Å². The zero-order valence-corrected chi connectivity index (χ0v) is 20.3. The van der Waals surface area contributed by atoms with Crippen LogP contribution in [0.1, 0.15) is 35.7 Å². The number of nitrogens with one attached hydrogen (secondary N) is 1. The molecule has 0 bridgehead atoms. The molecule has 0 aliphatic rings. The summed E-state index contributed by atoms with van der Waals surface area (Å²) >= 11 is 0. The number of aromatic nitrogens is 2. The Kier molecular flexibility index (Phi) is 8.19. The Labute approximate surface area is 202 Å². The topological polar surface area (TPSA) is 129 Å². The first kappa shape index (κ1) is 25.4. The van der Waals surface area contributed by atoms with Crippen molar-refractivity contribution in [1.29, 1.82) is 0 Å². The van der Waals surface area contributed by atoms with Crippen molar-refractivity contribution in [2.24, 2.45) is 0 Å². The number of unbranched alkanes of at least 4 members (excludes halogenated alkanes) is 1. The molecular weight excluding hydrogens is 452 g/mol. The maximum Gasteiger partial charge on any atom is 0.330 e. The van der Waals surface area contributed by atoms with Gasteiger partial charge in [0.1, 0.15) is 23.1 Å². The van der Waals surface area contributed by atoms with Gasteiger partial charge in [0.05, 0.1) is 33.4 Å². The van der Waals surface area contributed by atoms with E-state index in [4.69, 9.17) is 19.9 Å². The molecule has 1 aromatic heterocycles. The van der Waals surface area contributed by atoms with Crippen LogP contribution in [0.5, 0.6) is 17.2 Å². The van der Waals surface area contributed by atoms with E-state index >= 15 is 0 Å². The highest BCUT2D eigenvalue weighted by atomic mass is 16.5. The van der Waals surface area contributed by atoms with Gasteiger partial charge < -0.3 is 19.9 Å². The minimum absolute atomic E-state index is 0.0444. The monoisotopic (exact) mass is 482 g/mol. The lowest BCUT2D eigenvalue weighted by molar-refractivity contribution is 0.0981. The minimum atomic E-state index is -0.768. The SMILES string of the molecule is CCCCn1c(N)c(N(Cc2ccccc2OC)C(=O)c2ccc(OC)cc2OC)c(=O)[nH]c1=O. The summed E-state index contributed by atoms with van der Waals surface area (Å²) in [6, 6.07) is 11.9. The summed E-state index contributed by atoms with van der Waals surface area (Å²) in [4.78, 5) is 43.0. The van der Waals surface area contributed by atoms with Crippen molar-refractivity contribution in [1.82, 2.24) is 9.55 Å². The van der Waals surface area contributed by atoms with E-state index in [2.05, 4.69) is 4.98 Å². The Morgan fingerprint density at radius 2 is 1.74 bits per heavy atom.